The van der Waals surface area contributed by atoms with Gasteiger partial charge in [0.2, 0.25) is 0 Å². The normalized spacial score (nSPS) is 24.0. The lowest BCUT2D eigenvalue weighted by Gasteiger charge is -2.40. The summed E-state index contributed by atoms with van der Waals surface area (Å²) in [4.78, 5) is 17.7. The number of hydrogen-bond acceptors (Lipinski definition) is 3. The molecule has 0 amide bonds. The molecular weight excluding hydrogens is 276 g/mol. The summed E-state index contributed by atoms with van der Waals surface area (Å²) in [5.41, 5.74) is 5.97. The third-order valence-corrected chi connectivity index (χ3v) is 5.17. The van der Waals surface area contributed by atoms with Crippen molar-refractivity contribution in [1.82, 2.24) is 9.88 Å². The van der Waals surface area contributed by atoms with Gasteiger partial charge >= 0.3 is 5.97 Å². The van der Waals surface area contributed by atoms with Gasteiger partial charge in [-0.1, -0.05) is 18.2 Å². The van der Waals surface area contributed by atoms with Crippen LogP contribution in [0.1, 0.15) is 22.6 Å². The van der Waals surface area contributed by atoms with Crippen LogP contribution in [0.5, 0.6) is 0 Å². The first-order chi connectivity index (χ1) is 10.6. The van der Waals surface area contributed by atoms with Crippen LogP contribution >= 0.6 is 0 Å². The first-order valence-corrected chi connectivity index (χ1v) is 7.69. The number of aryl methyl sites for hydroxylation is 1. The third kappa shape index (κ3) is 1.77. The summed E-state index contributed by atoms with van der Waals surface area (Å²) in [5, 5.41) is 1.34. The third-order valence-electron chi connectivity index (χ3n) is 5.17. The Kier molecular flexibility index (Phi) is 2.91. The van der Waals surface area contributed by atoms with Crippen LogP contribution in [-0.4, -0.2) is 42.6 Å². The number of rotatable bonds is 1. The van der Waals surface area contributed by atoms with Crippen molar-refractivity contribution in [3.63, 3.8) is 0 Å². The topological polar surface area (TPSA) is 45.3 Å². The van der Waals surface area contributed by atoms with Crippen LogP contribution in [0.25, 0.3) is 10.9 Å². The Hall–Kier alpha value is -2.07. The number of esters is 1. The first-order valence-electron chi connectivity index (χ1n) is 7.69. The van der Waals surface area contributed by atoms with Gasteiger partial charge in [-0.3, -0.25) is 4.90 Å². The van der Waals surface area contributed by atoms with Gasteiger partial charge in [0.25, 0.3) is 0 Å². The van der Waals surface area contributed by atoms with Crippen LogP contribution in [0, 0.1) is 6.92 Å². The lowest BCUT2D eigenvalue weighted by molar-refractivity contribution is -0.136. The molecule has 2 aliphatic rings. The molecule has 0 fully saturated rings. The largest absolute Gasteiger partial charge is 0.466 e. The van der Waals surface area contributed by atoms with Gasteiger partial charge in [-0.15, -0.1) is 0 Å². The molecule has 1 aromatic heterocycles. The van der Waals surface area contributed by atoms with Gasteiger partial charge in [-0.2, -0.15) is 0 Å². The molecule has 4 heteroatoms. The summed E-state index contributed by atoms with van der Waals surface area (Å²) in [5.74, 6) is 0.0350. The number of carbonyl (C=O) groups excluding carboxylic acids is 1. The molecule has 1 aromatic carbocycles. The number of hydrogen-bond donors (Lipinski definition) is 1. The molecule has 0 spiro atoms. The van der Waals surface area contributed by atoms with E-state index in [2.05, 4.69) is 48.3 Å². The predicted molar refractivity (Wildman–Crippen MR) is 86.0 cm³/mol. The van der Waals surface area contributed by atoms with Crippen LogP contribution in [0.3, 0.4) is 0 Å². The SMILES string of the molecule is COC(=O)C1=C[C@H]2c3ccc(C)c4[nH]cc(c34)C[C@H]2N(C)C1. The van der Waals surface area contributed by atoms with E-state index in [9.17, 15) is 4.79 Å². The molecule has 0 radical (unpaired) electrons. The minimum atomic E-state index is -0.214. The molecule has 2 atom stereocenters. The molecule has 2 aromatic rings. The van der Waals surface area contributed by atoms with Crippen LogP contribution < -0.4 is 0 Å². The van der Waals surface area contributed by atoms with Crippen molar-refractivity contribution >= 4 is 16.9 Å². The Morgan fingerprint density at radius 3 is 3.00 bits per heavy atom. The summed E-state index contributed by atoms with van der Waals surface area (Å²) >= 11 is 0. The Balaban J connectivity index is 1.91. The Bertz CT molecular complexity index is 803. The first kappa shape index (κ1) is 13.6. The smallest absolute Gasteiger partial charge is 0.334 e. The van der Waals surface area contributed by atoms with E-state index in [1.54, 1.807) is 0 Å². The summed E-state index contributed by atoms with van der Waals surface area (Å²) < 4.78 is 4.92. The maximum absolute atomic E-state index is 12.0. The number of nitrogens with one attached hydrogen (secondary N) is 1. The van der Waals surface area contributed by atoms with E-state index in [0.717, 1.165) is 12.0 Å². The fourth-order valence-corrected chi connectivity index (χ4v) is 4.03. The predicted octanol–water partition coefficient (Wildman–Crippen LogP) is 2.53. The molecule has 0 bridgehead atoms. The van der Waals surface area contributed by atoms with Crippen molar-refractivity contribution in [3.05, 3.63) is 46.7 Å². The van der Waals surface area contributed by atoms with Gasteiger partial charge in [0, 0.05) is 41.2 Å². The molecule has 1 aliphatic heterocycles. The average Bonchev–Trinajstić information content (AvgIpc) is 2.95. The fraction of sp³-hybridized carbons (Fsp3) is 0.389. The van der Waals surface area contributed by atoms with Crippen LogP contribution in [0.15, 0.2) is 30.0 Å². The van der Waals surface area contributed by atoms with Crippen molar-refractivity contribution in [2.75, 3.05) is 20.7 Å². The highest BCUT2D eigenvalue weighted by molar-refractivity contribution is 5.93. The van der Waals surface area contributed by atoms with Gasteiger partial charge < -0.3 is 9.72 Å². The molecule has 0 unspecified atom stereocenters. The second-order valence-corrected chi connectivity index (χ2v) is 6.43. The minimum Gasteiger partial charge on any atom is -0.466 e. The highest BCUT2D eigenvalue weighted by Gasteiger charge is 2.37. The molecule has 22 heavy (non-hydrogen) atoms. The van der Waals surface area contributed by atoms with Gasteiger partial charge in [0.05, 0.1) is 7.11 Å². The van der Waals surface area contributed by atoms with Crippen molar-refractivity contribution < 1.29 is 9.53 Å². The monoisotopic (exact) mass is 296 g/mol. The van der Waals surface area contributed by atoms with E-state index in [4.69, 9.17) is 4.74 Å². The zero-order chi connectivity index (χ0) is 15.4. The number of ether oxygens (including phenoxy) is 1. The van der Waals surface area contributed by atoms with Crippen molar-refractivity contribution in [2.24, 2.45) is 0 Å². The number of carbonyl (C=O) groups is 1. The summed E-state index contributed by atoms with van der Waals surface area (Å²) in [6.45, 7) is 2.79. The molecule has 1 N–H and O–H groups in total. The fourth-order valence-electron chi connectivity index (χ4n) is 4.03. The molecular formula is C18H20N2O2. The lowest BCUT2D eigenvalue weighted by atomic mass is 9.76. The van der Waals surface area contributed by atoms with Gasteiger partial charge in [0.1, 0.15) is 0 Å². The molecule has 0 saturated carbocycles. The average molecular weight is 296 g/mol. The quantitative estimate of drug-likeness (QED) is 0.823. The number of aromatic nitrogens is 1. The number of fused-ring (bicyclic) bond motifs is 2. The Morgan fingerprint density at radius 1 is 1.41 bits per heavy atom. The zero-order valence-electron chi connectivity index (χ0n) is 13.1. The van der Waals surface area contributed by atoms with Crippen LogP contribution in [0.4, 0.5) is 0 Å². The molecule has 4 rings (SSSR count). The van der Waals surface area contributed by atoms with Crippen molar-refractivity contribution in [3.8, 4) is 0 Å². The summed E-state index contributed by atoms with van der Waals surface area (Å²) in [6, 6.07) is 4.79. The Labute approximate surface area is 129 Å². The summed E-state index contributed by atoms with van der Waals surface area (Å²) in [6.07, 6.45) is 5.28. The second-order valence-electron chi connectivity index (χ2n) is 6.43. The standard InChI is InChI=1S/C18H20N2O2/c1-10-4-5-13-14-6-12(18(21)22-3)9-20(2)15(14)7-11-8-19-17(10)16(11)13/h4-6,8,14-15,19H,7,9H2,1-3H3/t14-,15+/m0/s1. The maximum atomic E-state index is 12.0. The maximum Gasteiger partial charge on any atom is 0.334 e. The zero-order valence-corrected chi connectivity index (χ0v) is 13.1. The molecule has 1 aliphatic carbocycles. The van der Waals surface area contributed by atoms with E-state index >= 15 is 0 Å². The van der Waals surface area contributed by atoms with E-state index in [1.165, 1.54) is 34.7 Å². The number of nitrogens with zero attached hydrogens (tertiary/aromatic N) is 1. The van der Waals surface area contributed by atoms with Crippen LogP contribution in [0.2, 0.25) is 0 Å². The minimum absolute atomic E-state index is 0.214. The van der Waals surface area contributed by atoms with E-state index in [1.807, 2.05) is 0 Å². The van der Waals surface area contributed by atoms with Crippen molar-refractivity contribution in [2.45, 2.75) is 25.3 Å². The van der Waals surface area contributed by atoms with Gasteiger partial charge in [0.15, 0.2) is 0 Å². The number of H-pyrrole nitrogens is 1. The lowest BCUT2D eigenvalue weighted by Crippen LogP contribution is -2.44. The highest BCUT2D eigenvalue weighted by Crippen LogP contribution is 2.42. The number of aromatic amines is 1. The molecule has 2 heterocycles. The second kappa shape index (κ2) is 4.71. The van der Waals surface area contributed by atoms with Crippen LogP contribution in [-0.2, 0) is 16.0 Å². The molecule has 114 valence electrons. The van der Waals surface area contributed by atoms with E-state index < -0.39 is 0 Å². The molecule has 4 nitrogen and oxygen atoms in total. The molecule has 0 saturated heterocycles. The summed E-state index contributed by atoms with van der Waals surface area (Å²) in [7, 11) is 3.54. The van der Waals surface area contributed by atoms with Crippen molar-refractivity contribution in [1.29, 1.82) is 0 Å². The Morgan fingerprint density at radius 2 is 2.23 bits per heavy atom. The van der Waals surface area contributed by atoms with Gasteiger partial charge in [-0.25, -0.2) is 4.79 Å². The van der Waals surface area contributed by atoms with Gasteiger partial charge in [-0.05, 0) is 37.1 Å². The number of benzene rings is 1. The van der Waals surface area contributed by atoms with E-state index in [0.29, 0.717) is 12.6 Å². The van der Waals surface area contributed by atoms with E-state index in [-0.39, 0.29) is 11.9 Å². The number of likely N-dealkylation sites (N-methyl/N-ethyl adjacent to an activating group) is 1. The highest BCUT2D eigenvalue weighted by atomic mass is 16.5. The number of methoxy groups -OCH3 is 1.